The van der Waals surface area contributed by atoms with Gasteiger partial charge in [0.05, 0.1) is 12.2 Å². The van der Waals surface area contributed by atoms with Gasteiger partial charge in [0.15, 0.2) is 0 Å². The summed E-state index contributed by atoms with van der Waals surface area (Å²) in [5, 5.41) is 10.3. The number of aryl methyl sites for hydroxylation is 1. The smallest absolute Gasteiger partial charge is 0.0650 e. The number of nitrogens with zero attached hydrogens (tertiary/aromatic N) is 2. The van der Waals surface area contributed by atoms with Crippen LogP contribution in [0.5, 0.6) is 0 Å². The lowest BCUT2D eigenvalue weighted by Crippen LogP contribution is -2.03. The highest BCUT2D eigenvalue weighted by Gasteiger charge is 2.00. The van der Waals surface area contributed by atoms with Crippen molar-refractivity contribution in [3.63, 3.8) is 0 Å². The standard InChI is InChI=1S/C15H16N4/c1-19-10-2-3-14(19)11-16-13-6-4-12(5-7-13)15-8-9-17-18-15/h2-10,16H,11H2,1H3,(H,17,18). The van der Waals surface area contributed by atoms with Crippen LogP contribution in [0, 0.1) is 0 Å². The molecule has 0 fully saturated rings. The summed E-state index contributed by atoms with van der Waals surface area (Å²) < 4.78 is 2.12. The summed E-state index contributed by atoms with van der Waals surface area (Å²) in [4.78, 5) is 0. The second-order valence-corrected chi connectivity index (χ2v) is 4.51. The molecule has 2 aromatic heterocycles. The molecule has 4 nitrogen and oxygen atoms in total. The van der Waals surface area contributed by atoms with E-state index in [0.29, 0.717) is 0 Å². The van der Waals surface area contributed by atoms with Crippen molar-refractivity contribution >= 4 is 5.69 Å². The van der Waals surface area contributed by atoms with Gasteiger partial charge < -0.3 is 9.88 Å². The van der Waals surface area contributed by atoms with Crippen LogP contribution >= 0.6 is 0 Å². The highest BCUT2D eigenvalue weighted by Crippen LogP contribution is 2.19. The average Bonchev–Trinajstić information content (AvgIpc) is 3.09. The van der Waals surface area contributed by atoms with E-state index >= 15 is 0 Å². The summed E-state index contributed by atoms with van der Waals surface area (Å²) in [7, 11) is 2.05. The SMILES string of the molecule is Cn1cccc1CNc1ccc(-c2ccn[nH]2)cc1. The van der Waals surface area contributed by atoms with E-state index in [2.05, 4.69) is 69.7 Å². The first kappa shape index (κ1) is 11.6. The molecule has 0 atom stereocenters. The molecule has 19 heavy (non-hydrogen) atoms. The summed E-state index contributed by atoms with van der Waals surface area (Å²) in [6, 6.07) is 14.5. The van der Waals surface area contributed by atoms with E-state index in [-0.39, 0.29) is 0 Å². The van der Waals surface area contributed by atoms with E-state index in [1.54, 1.807) is 6.20 Å². The van der Waals surface area contributed by atoms with Crippen molar-refractivity contribution in [2.75, 3.05) is 5.32 Å². The Bertz CT molecular complexity index is 635. The molecular weight excluding hydrogens is 236 g/mol. The third kappa shape index (κ3) is 2.52. The molecule has 0 saturated carbocycles. The molecule has 0 bridgehead atoms. The van der Waals surface area contributed by atoms with Crippen LogP contribution < -0.4 is 5.32 Å². The van der Waals surface area contributed by atoms with Gasteiger partial charge in [-0.3, -0.25) is 5.10 Å². The second kappa shape index (κ2) is 5.02. The van der Waals surface area contributed by atoms with Crippen LogP contribution in [0.1, 0.15) is 5.69 Å². The first-order chi connectivity index (χ1) is 9.33. The zero-order chi connectivity index (χ0) is 13.1. The topological polar surface area (TPSA) is 45.6 Å². The molecule has 0 aliphatic heterocycles. The van der Waals surface area contributed by atoms with Crippen molar-refractivity contribution in [3.05, 3.63) is 60.6 Å². The Labute approximate surface area is 112 Å². The van der Waals surface area contributed by atoms with E-state index in [4.69, 9.17) is 0 Å². The minimum absolute atomic E-state index is 0.826. The molecule has 3 aromatic rings. The van der Waals surface area contributed by atoms with Crippen LogP contribution in [0.2, 0.25) is 0 Å². The number of hydrogen-bond acceptors (Lipinski definition) is 2. The van der Waals surface area contributed by atoms with Gasteiger partial charge in [-0.15, -0.1) is 0 Å². The zero-order valence-electron chi connectivity index (χ0n) is 10.8. The summed E-state index contributed by atoms with van der Waals surface area (Å²) >= 11 is 0. The zero-order valence-corrected chi connectivity index (χ0v) is 10.8. The van der Waals surface area contributed by atoms with Gasteiger partial charge in [0, 0.05) is 30.8 Å². The number of nitrogens with one attached hydrogen (secondary N) is 2. The lowest BCUT2D eigenvalue weighted by Gasteiger charge is -2.08. The van der Waals surface area contributed by atoms with Crippen LogP contribution in [-0.2, 0) is 13.6 Å². The predicted molar refractivity (Wildman–Crippen MR) is 76.8 cm³/mol. The first-order valence-electron chi connectivity index (χ1n) is 6.27. The molecule has 0 radical (unpaired) electrons. The van der Waals surface area contributed by atoms with Crippen molar-refractivity contribution in [3.8, 4) is 11.3 Å². The normalized spacial score (nSPS) is 10.6. The maximum Gasteiger partial charge on any atom is 0.0650 e. The highest BCUT2D eigenvalue weighted by atomic mass is 15.1. The predicted octanol–water partition coefficient (Wildman–Crippen LogP) is 3.03. The lowest BCUT2D eigenvalue weighted by atomic mass is 10.1. The molecule has 0 aliphatic carbocycles. The minimum Gasteiger partial charge on any atom is -0.379 e. The number of anilines is 1. The van der Waals surface area contributed by atoms with E-state index < -0.39 is 0 Å². The Balaban J connectivity index is 1.68. The third-order valence-corrected chi connectivity index (χ3v) is 3.22. The van der Waals surface area contributed by atoms with Crippen LogP contribution in [0.15, 0.2) is 54.9 Å². The van der Waals surface area contributed by atoms with Gasteiger partial charge in [-0.05, 0) is 35.9 Å². The summed E-state index contributed by atoms with van der Waals surface area (Å²) in [6.45, 7) is 0.826. The number of aromatic amines is 1. The number of hydrogen-bond donors (Lipinski definition) is 2. The molecule has 0 unspecified atom stereocenters. The first-order valence-corrected chi connectivity index (χ1v) is 6.27. The molecular formula is C15H16N4. The van der Waals surface area contributed by atoms with Crippen LogP contribution in [0.4, 0.5) is 5.69 Å². The molecule has 96 valence electrons. The number of rotatable bonds is 4. The van der Waals surface area contributed by atoms with Crippen LogP contribution in [-0.4, -0.2) is 14.8 Å². The van der Waals surface area contributed by atoms with Crippen molar-refractivity contribution < 1.29 is 0 Å². The quantitative estimate of drug-likeness (QED) is 0.749. The molecule has 0 aliphatic rings. The Hall–Kier alpha value is -2.49. The van der Waals surface area contributed by atoms with Gasteiger partial charge >= 0.3 is 0 Å². The Morgan fingerprint density at radius 2 is 2.00 bits per heavy atom. The van der Waals surface area contributed by atoms with E-state index in [9.17, 15) is 0 Å². The van der Waals surface area contributed by atoms with Gasteiger partial charge in [0.25, 0.3) is 0 Å². The Morgan fingerprint density at radius 3 is 2.63 bits per heavy atom. The minimum atomic E-state index is 0.826. The average molecular weight is 252 g/mol. The number of H-pyrrole nitrogens is 1. The molecule has 2 N–H and O–H groups in total. The monoisotopic (exact) mass is 252 g/mol. The van der Waals surface area contributed by atoms with E-state index in [1.807, 2.05) is 6.07 Å². The maximum absolute atomic E-state index is 3.96. The van der Waals surface area contributed by atoms with Crippen LogP contribution in [0.25, 0.3) is 11.3 Å². The molecule has 0 spiro atoms. The Morgan fingerprint density at radius 1 is 1.16 bits per heavy atom. The fourth-order valence-corrected chi connectivity index (χ4v) is 2.06. The molecule has 1 aromatic carbocycles. The van der Waals surface area contributed by atoms with Crippen molar-refractivity contribution in [2.45, 2.75) is 6.54 Å². The molecule has 0 saturated heterocycles. The van der Waals surface area contributed by atoms with Crippen LogP contribution in [0.3, 0.4) is 0 Å². The fourth-order valence-electron chi connectivity index (χ4n) is 2.06. The van der Waals surface area contributed by atoms with Gasteiger partial charge in [-0.1, -0.05) is 12.1 Å². The summed E-state index contributed by atoms with van der Waals surface area (Å²) in [6.07, 6.45) is 3.81. The molecule has 2 heterocycles. The van der Waals surface area contributed by atoms with Gasteiger partial charge in [0.1, 0.15) is 0 Å². The largest absolute Gasteiger partial charge is 0.379 e. The van der Waals surface area contributed by atoms with Crippen molar-refractivity contribution in [1.82, 2.24) is 14.8 Å². The number of aromatic nitrogens is 3. The fraction of sp³-hybridized carbons (Fsp3) is 0.133. The third-order valence-electron chi connectivity index (χ3n) is 3.22. The van der Waals surface area contributed by atoms with Gasteiger partial charge in [-0.2, -0.15) is 5.10 Å². The Kier molecular flexibility index (Phi) is 3.06. The second-order valence-electron chi connectivity index (χ2n) is 4.51. The lowest BCUT2D eigenvalue weighted by molar-refractivity contribution is 0.842. The van der Waals surface area contributed by atoms with Gasteiger partial charge in [0.2, 0.25) is 0 Å². The number of benzene rings is 1. The van der Waals surface area contributed by atoms with E-state index in [1.165, 1.54) is 5.69 Å². The summed E-state index contributed by atoms with van der Waals surface area (Å²) in [5.41, 5.74) is 4.55. The molecule has 3 rings (SSSR count). The van der Waals surface area contributed by atoms with Gasteiger partial charge in [-0.25, -0.2) is 0 Å². The molecule has 0 amide bonds. The van der Waals surface area contributed by atoms with Crippen molar-refractivity contribution in [2.24, 2.45) is 7.05 Å². The van der Waals surface area contributed by atoms with Crippen molar-refractivity contribution in [1.29, 1.82) is 0 Å². The highest BCUT2D eigenvalue weighted by molar-refractivity contribution is 5.62. The molecule has 4 heteroatoms. The van der Waals surface area contributed by atoms with E-state index in [0.717, 1.165) is 23.5 Å². The maximum atomic E-state index is 3.96. The summed E-state index contributed by atoms with van der Waals surface area (Å²) in [5.74, 6) is 0.